The van der Waals surface area contributed by atoms with E-state index in [4.69, 9.17) is 34.7 Å². The van der Waals surface area contributed by atoms with E-state index in [9.17, 15) is 0 Å². The minimum absolute atomic E-state index is 0.246. The summed E-state index contributed by atoms with van der Waals surface area (Å²) in [5, 5.41) is 9.69. The maximum absolute atomic E-state index is 9.08. The fraction of sp³-hybridized carbons (Fsp3) is 0.500. The van der Waals surface area contributed by atoms with Gasteiger partial charge in [-0.1, -0.05) is 29.9 Å². The summed E-state index contributed by atoms with van der Waals surface area (Å²) < 4.78 is 0. The van der Waals surface area contributed by atoms with Crippen molar-refractivity contribution in [2.45, 2.75) is 19.3 Å². The molecule has 0 aliphatic carbocycles. The van der Waals surface area contributed by atoms with Crippen LogP contribution < -0.4 is 10.6 Å². The molecular formula is C14H19ClN2OS. The highest BCUT2D eigenvalue weighted by Gasteiger charge is 2.22. The van der Waals surface area contributed by atoms with Crippen molar-refractivity contribution in [3.8, 4) is 0 Å². The Morgan fingerprint density at radius 3 is 3.00 bits per heavy atom. The molecule has 0 bridgehead atoms. The van der Waals surface area contributed by atoms with E-state index in [0.29, 0.717) is 15.9 Å². The summed E-state index contributed by atoms with van der Waals surface area (Å²) in [4.78, 5) is 2.62. The minimum Gasteiger partial charge on any atom is -0.396 e. The minimum atomic E-state index is 0.246. The van der Waals surface area contributed by atoms with Crippen molar-refractivity contribution in [2.24, 2.45) is 11.7 Å². The van der Waals surface area contributed by atoms with E-state index in [1.807, 2.05) is 18.2 Å². The molecule has 0 radical (unpaired) electrons. The average molecular weight is 299 g/mol. The van der Waals surface area contributed by atoms with Gasteiger partial charge in [-0.25, -0.2) is 0 Å². The Morgan fingerprint density at radius 2 is 2.32 bits per heavy atom. The lowest BCUT2D eigenvalue weighted by Gasteiger charge is -2.35. The number of aliphatic hydroxyl groups is 1. The summed E-state index contributed by atoms with van der Waals surface area (Å²) in [6.45, 7) is 2.16. The van der Waals surface area contributed by atoms with Crippen molar-refractivity contribution in [3.63, 3.8) is 0 Å². The van der Waals surface area contributed by atoms with Gasteiger partial charge in [0.2, 0.25) is 0 Å². The van der Waals surface area contributed by atoms with Gasteiger partial charge in [-0.3, -0.25) is 0 Å². The van der Waals surface area contributed by atoms with Crippen LogP contribution >= 0.6 is 23.8 Å². The molecule has 19 heavy (non-hydrogen) atoms. The van der Waals surface area contributed by atoms with Gasteiger partial charge in [-0.15, -0.1) is 0 Å². The third kappa shape index (κ3) is 3.38. The van der Waals surface area contributed by atoms with Crippen LogP contribution in [0.1, 0.15) is 24.8 Å². The molecule has 1 saturated heterocycles. The van der Waals surface area contributed by atoms with Crippen molar-refractivity contribution in [1.29, 1.82) is 0 Å². The van der Waals surface area contributed by atoms with Crippen LogP contribution in [0.2, 0.25) is 5.02 Å². The molecule has 3 N–H and O–H groups in total. The van der Waals surface area contributed by atoms with Gasteiger partial charge in [0.25, 0.3) is 0 Å². The van der Waals surface area contributed by atoms with E-state index in [1.54, 1.807) is 0 Å². The molecule has 0 saturated carbocycles. The van der Waals surface area contributed by atoms with Gasteiger partial charge in [0.1, 0.15) is 4.99 Å². The van der Waals surface area contributed by atoms with E-state index in [1.165, 1.54) is 6.42 Å². The number of aliphatic hydroxyl groups excluding tert-OH is 1. The van der Waals surface area contributed by atoms with Crippen LogP contribution in [0.4, 0.5) is 5.69 Å². The highest BCUT2D eigenvalue weighted by Crippen LogP contribution is 2.31. The van der Waals surface area contributed by atoms with Gasteiger partial charge in [-0.05, 0) is 37.3 Å². The number of rotatable bonds is 4. The van der Waals surface area contributed by atoms with Crippen LogP contribution in [-0.4, -0.2) is 29.8 Å². The molecular weight excluding hydrogens is 280 g/mol. The van der Waals surface area contributed by atoms with E-state index >= 15 is 0 Å². The summed E-state index contributed by atoms with van der Waals surface area (Å²) in [6.07, 6.45) is 3.13. The number of thiocarbonyl (C=S) groups is 1. The molecule has 1 aliphatic heterocycles. The first-order valence-electron chi connectivity index (χ1n) is 6.57. The Morgan fingerprint density at radius 1 is 1.53 bits per heavy atom. The third-order valence-electron chi connectivity index (χ3n) is 3.64. The second-order valence-corrected chi connectivity index (χ2v) is 5.81. The third-order valence-corrected chi connectivity index (χ3v) is 4.15. The van der Waals surface area contributed by atoms with Crippen molar-refractivity contribution in [1.82, 2.24) is 0 Å². The Hall–Kier alpha value is -0.840. The molecule has 0 spiro atoms. The van der Waals surface area contributed by atoms with Gasteiger partial charge < -0.3 is 15.7 Å². The van der Waals surface area contributed by atoms with E-state index in [-0.39, 0.29) is 6.61 Å². The van der Waals surface area contributed by atoms with E-state index in [2.05, 4.69) is 4.90 Å². The van der Waals surface area contributed by atoms with E-state index < -0.39 is 0 Å². The number of nitrogens with zero attached hydrogens (tertiary/aromatic N) is 1. The molecule has 1 heterocycles. The van der Waals surface area contributed by atoms with Crippen LogP contribution in [-0.2, 0) is 0 Å². The smallest absolute Gasteiger partial charge is 0.107 e. The zero-order valence-corrected chi connectivity index (χ0v) is 12.4. The zero-order valence-electron chi connectivity index (χ0n) is 10.8. The Balaban J connectivity index is 2.26. The molecule has 3 nitrogen and oxygen atoms in total. The second-order valence-electron chi connectivity index (χ2n) is 4.96. The van der Waals surface area contributed by atoms with Gasteiger partial charge in [0, 0.05) is 25.4 Å². The molecule has 0 aromatic heterocycles. The maximum atomic E-state index is 9.08. The maximum Gasteiger partial charge on any atom is 0.107 e. The summed E-state index contributed by atoms with van der Waals surface area (Å²) in [6, 6.07) is 5.76. The van der Waals surface area contributed by atoms with Gasteiger partial charge >= 0.3 is 0 Å². The number of halogens is 1. The molecule has 2 rings (SSSR count). The van der Waals surface area contributed by atoms with Crippen LogP contribution in [0, 0.1) is 5.92 Å². The summed E-state index contributed by atoms with van der Waals surface area (Å²) in [7, 11) is 0. The summed E-state index contributed by atoms with van der Waals surface area (Å²) in [5.41, 5.74) is 7.58. The molecule has 1 aromatic rings. The summed E-state index contributed by atoms with van der Waals surface area (Å²) in [5.74, 6) is 0.525. The van der Waals surface area contributed by atoms with Gasteiger partial charge in [0.15, 0.2) is 0 Å². The second kappa shape index (κ2) is 6.55. The van der Waals surface area contributed by atoms with Crippen molar-refractivity contribution in [3.05, 3.63) is 28.8 Å². The fourth-order valence-corrected chi connectivity index (χ4v) is 3.26. The number of hydrogen-bond donors (Lipinski definition) is 2. The first-order chi connectivity index (χ1) is 9.13. The highest BCUT2D eigenvalue weighted by molar-refractivity contribution is 7.80. The SMILES string of the molecule is NC(=S)c1c(Cl)cccc1N1CCCC(CCO)C1. The predicted octanol–water partition coefficient (Wildman–Crippen LogP) is 2.57. The number of benzene rings is 1. The lowest BCUT2D eigenvalue weighted by molar-refractivity contribution is 0.244. The van der Waals surface area contributed by atoms with Crippen molar-refractivity contribution < 1.29 is 5.11 Å². The molecule has 1 aliphatic rings. The lowest BCUT2D eigenvalue weighted by Crippen LogP contribution is -2.37. The largest absolute Gasteiger partial charge is 0.396 e. The molecule has 5 heteroatoms. The molecule has 1 atom stereocenters. The normalized spacial score (nSPS) is 19.5. The number of anilines is 1. The van der Waals surface area contributed by atoms with Crippen molar-refractivity contribution in [2.75, 3.05) is 24.6 Å². The predicted molar refractivity (Wildman–Crippen MR) is 84.0 cm³/mol. The first-order valence-corrected chi connectivity index (χ1v) is 7.36. The van der Waals surface area contributed by atoms with E-state index in [0.717, 1.165) is 37.2 Å². The Bertz CT molecular complexity index is 465. The van der Waals surface area contributed by atoms with Crippen LogP contribution in [0.5, 0.6) is 0 Å². The molecule has 1 aromatic carbocycles. The average Bonchev–Trinajstić information content (AvgIpc) is 2.38. The summed E-state index contributed by atoms with van der Waals surface area (Å²) >= 11 is 11.3. The molecule has 0 amide bonds. The van der Waals surface area contributed by atoms with Crippen LogP contribution in [0.15, 0.2) is 18.2 Å². The van der Waals surface area contributed by atoms with Crippen molar-refractivity contribution >= 4 is 34.5 Å². The molecule has 1 unspecified atom stereocenters. The standard InChI is InChI=1S/C14H19ClN2OS/c15-11-4-1-5-12(13(11)14(16)19)17-7-2-3-10(9-17)6-8-18/h1,4-5,10,18H,2-3,6-9H2,(H2,16,19). The number of nitrogens with two attached hydrogens (primary N) is 1. The zero-order chi connectivity index (χ0) is 13.8. The number of hydrogen-bond acceptors (Lipinski definition) is 3. The van der Waals surface area contributed by atoms with Crippen LogP contribution in [0.25, 0.3) is 0 Å². The Kier molecular flexibility index (Phi) is 5.02. The topological polar surface area (TPSA) is 49.5 Å². The monoisotopic (exact) mass is 298 g/mol. The fourth-order valence-electron chi connectivity index (χ4n) is 2.72. The first kappa shape index (κ1) is 14.6. The van der Waals surface area contributed by atoms with Gasteiger partial charge in [0.05, 0.1) is 10.6 Å². The lowest BCUT2D eigenvalue weighted by atomic mass is 9.94. The van der Waals surface area contributed by atoms with Gasteiger partial charge in [-0.2, -0.15) is 0 Å². The number of piperidine rings is 1. The molecule has 104 valence electrons. The Labute approximate surface area is 124 Å². The molecule has 1 fully saturated rings. The van der Waals surface area contributed by atoms with Crippen LogP contribution in [0.3, 0.4) is 0 Å². The quantitative estimate of drug-likeness (QED) is 0.839. The highest BCUT2D eigenvalue weighted by atomic mass is 35.5.